The molecular formula is C21H30O. The van der Waals surface area contributed by atoms with Gasteiger partial charge in [-0.15, -0.1) is 6.42 Å². The van der Waals surface area contributed by atoms with Crippen LogP contribution in [0.5, 0.6) is 5.75 Å². The second kappa shape index (κ2) is 8.89. The SMILES string of the molecule is C#Cc1cc(CCC2CCC(CCCCC)CC2)ccc1O. The van der Waals surface area contributed by atoms with E-state index in [9.17, 15) is 5.11 Å². The summed E-state index contributed by atoms with van der Waals surface area (Å²) in [5.41, 5.74) is 1.88. The molecule has 0 unspecified atom stereocenters. The first-order valence-corrected chi connectivity index (χ1v) is 9.01. The summed E-state index contributed by atoms with van der Waals surface area (Å²) in [6.45, 7) is 2.28. The molecule has 0 amide bonds. The molecule has 1 heteroatoms. The van der Waals surface area contributed by atoms with Crippen molar-refractivity contribution >= 4 is 0 Å². The summed E-state index contributed by atoms with van der Waals surface area (Å²) < 4.78 is 0. The van der Waals surface area contributed by atoms with Crippen molar-refractivity contribution in [3.8, 4) is 18.1 Å². The van der Waals surface area contributed by atoms with Gasteiger partial charge in [0, 0.05) is 0 Å². The highest BCUT2D eigenvalue weighted by atomic mass is 16.3. The number of aryl methyl sites for hydroxylation is 1. The Balaban J connectivity index is 1.72. The molecule has 120 valence electrons. The molecule has 1 aliphatic rings. The number of phenols is 1. The zero-order valence-electron chi connectivity index (χ0n) is 14.0. The fourth-order valence-corrected chi connectivity index (χ4v) is 3.72. The van der Waals surface area contributed by atoms with Crippen molar-refractivity contribution in [2.45, 2.75) is 71.1 Å². The average Bonchev–Trinajstić information content (AvgIpc) is 2.55. The third kappa shape index (κ3) is 5.09. The number of rotatable bonds is 7. The molecule has 1 aromatic rings. The fraction of sp³-hybridized carbons (Fsp3) is 0.619. The maximum atomic E-state index is 9.63. The normalized spacial score (nSPS) is 21.5. The molecule has 0 heterocycles. The van der Waals surface area contributed by atoms with Gasteiger partial charge in [0.2, 0.25) is 0 Å². The number of benzene rings is 1. The minimum atomic E-state index is 0.221. The molecule has 0 bridgehead atoms. The molecule has 1 saturated carbocycles. The Labute approximate surface area is 136 Å². The van der Waals surface area contributed by atoms with Crippen molar-refractivity contribution in [2.75, 3.05) is 0 Å². The lowest BCUT2D eigenvalue weighted by molar-refractivity contribution is 0.249. The van der Waals surface area contributed by atoms with E-state index in [1.807, 2.05) is 12.1 Å². The molecule has 1 fully saturated rings. The number of hydrogen-bond donors (Lipinski definition) is 1. The van der Waals surface area contributed by atoms with E-state index in [1.54, 1.807) is 6.07 Å². The van der Waals surface area contributed by atoms with Gasteiger partial charge in [-0.1, -0.05) is 70.3 Å². The van der Waals surface area contributed by atoms with Crippen LogP contribution in [0.25, 0.3) is 0 Å². The van der Waals surface area contributed by atoms with Gasteiger partial charge >= 0.3 is 0 Å². The van der Waals surface area contributed by atoms with E-state index in [2.05, 4.69) is 12.8 Å². The maximum Gasteiger partial charge on any atom is 0.131 e. The zero-order valence-corrected chi connectivity index (χ0v) is 14.0. The fourth-order valence-electron chi connectivity index (χ4n) is 3.72. The lowest BCUT2D eigenvalue weighted by atomic mass is 9.78. The monoisotopic (exact) mass is 298 g/mol. The summed E-state index contributed by atoms with van der Waals surface area (Å²) in [7, 11) is 0. The largest absolute Gasteiger partial charge is 0.507 e. The highest BCUT2D eigenvalue weighted by Crippen LogP contribution is 2.34. The van der Waals surface area contributed by atoms with Crippen LogP contribution in [0.15, 0.2) is 18.2 Å². The van der Waals surface area contributed by atoms with Gasteiger partial charge in [0.1, 0.15) is 5.75 Å². The van der Waals surface area contributed by atoms with Gasteiger partial charge in [-0.3, -0.25) is 0 Å². The van der Waals surface area contributed by atoms with E-state index >= 15 is 0 Å². The minimum absolute atomic E-state index is 0.221. The molecule has 2 rings (SSSR count). The van der Waals surface area contributed by atoms with Gasteiger partial charge in [0.15, 0.2) is 0 Å². The van der Waals surface area contributed by atoms with E-state index in [1.165, 1.54) is 63.4 Å². The maximum absolute atomic E-state index is 9.63. The smallest absolute Gasteiger partial charge is 0.131 e. The van der Waals surface area contributed by atoms with E-state index < -0.39 is 0 Å². The summed E-state index contributed by atoms with van der Waals surface area (Å²) in [6, 6.07) is 5.70. The number of phenolic OH excluding ortho intramolecular Hbond substituents is 1. The highest BCUT2D eigenvalue weighted by Gasteiger charge is 2.20. The quantitative estimate of drug-likeness (QED) is 0.506. The molecule has 1 aromatic carbocycles. The molecule has 1 nitrogen and oxygen atoms in total. The molecule has 0 aromatic heterocycles. The first-order valence-electron chi connectivity index (χ1n) is 9.01. The van der Waals surface area contributed by atoms with Crippen LogP contribution in [0.4, 0.5) is 0 Å². The third-order valence-electron chi connectivity index (χ3n) is 5.24. The molecule has 0 saturated heterocycles. The summed E-state index contributed by atoms with van der Waals surface area (Å²) >= 11 is 0. The molecule has 0 spiro atoms. The highest BCUT2D eigenvalue weighted by molar-refractivity contribution is 5.46. The average molecular weight is 298 g/mol. The summed E-state index contributed by atoms with van der Waals surface area (Å²) in [6.07, 6.45) is 19.0. The second-order valence-corrected chi connectivity index (χ2v) is 6.92. The van der Waals surface area contributed by atoms with Crippen molar-refractivity contribution in [1.82, 2.24) is 0 Å². The van der Waals surface area contributed by atoms with Crippen LogP contribution in [0, 0.1) is 24.2 Å². The number of hydrogen-bond acceptors (Lipinski definition) is 1. The van der Waals surface area contributed by atoms with Crippen molar-refractivity contribution < 1.29 is 5.11 Å². The summed E-state index contributed by atoms with van der Waals surface area (Å²) in [5.74, 6) is 4.65. The molecular weight excluding hydrogens is 268 g/mol. The number of aromatic hydroxyl groups is 1. The van der Waals surface area contributed by atoms with E-state index in [4.69, 9.17) is 6.42 Å². The molecule has 22 heavy (non-hydrogen) atoms. The Morgan fingerprint density at radius 1 is 1.09 bits per heavy atom. The van der Waals surface area contributed by atoms with Crippen LogP contribution in [0.3, 0.4) is 0 Å². The van der Waals surface area contributed by atoms with Crippen LogP contribution in [-0.4, -0.2) is 5.11 Å². The third-order valence-corrected chi connectivity index (χ3v) is 5.24. The minimum Gasteiger partial charge on any atom is -0.507 e. The topological polar surface area (TPSA) is 20.2 Å². The Bertz CT molecular complexity index is 489. The van der Waals surface area contributed by atoms with E-state index in [0.717, 1.165) is 18.3 Å². The Hall–Kier alpha value is -1.42. The first kappa shape index (κ1) is 16.9. The van der Waals surface area contributed by atoms with E-state index in [0.29, 0.717) is 5.56 Å². The molecule has 1 N–H and O–H groups in total. The predicted octanol–water partition coefficient (Wildman–Crippen LogP) is 5.69. The second-order valence-electron chi connectivity index (χ2n) is 6.92. The number of unbranched alkanes of at least 4 members (excludes halogenated alkanes) is 2. The van der Waals surface area contributed by atoms with Crippen molar-refractivity contribution in [1.29, 1.82) is 0 Å². The molecule has 1 aliphatic carbocycles. The standard InChI is InChI=1S/C21H30O/c1-3-5-6-7-17-8-10-18(11-9-17)12-13-19-14-15-21(22)20(4-2)16-19/h2,14-18,22H,3,5-13H2,1H3. The van der Waals surface area contributed by atoms with Gasteiger partial charge < -0.3 is 5.11 Å². The molecule has 0 aliphatic heterocycles. The number of terminal acetylenes is 1. The van der Waals surface area contributed by atoms with Crippen LogP contribution >= 0.6 is 0 Å². The van der Waals surface area contributed by atoms with Crippen molar-refractivity contribution in [3.63, 3.8) is 0 Å². The van der Waals surface area contributed by atoms with E-state index in [-0.39, 0.29) is 5.75 Å². The van der Waals surface area contributed by atoms with Gasteiger partial charge in [0.25, 0.3) is 0 Å². The van der Waals surface area contributed by atoms with Crippen molar-refractivity contribution in [2.24, 2.45) is 11.8 Å². The first-order chi connectivity index (χ1) is 10.7. The summed E-state index contributed by atoms with van der Waals surface area (Å²) in [5, 5.41) is 9.63. The van der Waals surface area contributed by atoms with Crippen LogP contribution in [0.2, 0.25) is 0 Å². The molecule has 0 radical (unpaired) electrons. The Morgan fingerprint density at radius 2 is 1.77 bits per heavy atom. The van der Waals surface area contributed by atoms with Gasteiger partial charge in [0.05, 0.1) is 5.56 Å². The molecule has 0 atom stereocenters. The predicted molar refractivity (Wildman–Crippen MR) is 94.0 cm³/mol. The lowest BCUT2D eigenvalue weighted by Gasteiger charge is -2.28. The van der Waals surface area contributed by atoms with Gasteiger partial charge in [-0.25, -0.2) is 0 Å². The van der Waals surface area contributed by atoms with Crippen LogP contribution in [-0.2, 0) is 6.42 Å². The van der Waals surface area contributed by atoms with Gasteiger partial charge in [-0.2, -0.15) is 0 Å². The zero-order chi connectivity index (χ0) is 15.8. The van der Waals surface area contributed by atoms with Crippen LogP contribution < -0.4 is 0 Å². The Morgan fingerprint density at radius 3 is 2.41 bits per heavy atom. The van der Waals surface area contributed by atoms with Crippen molar-refractivity contribution in [3.05, 3.63) is 29.3 Å². The van der Waals surface area contributed by atoms with Gasteiger partial charge in [-0.05, 0) is 42.4 Å². The lowest BCUT2D eigenvalue weighted by Crippen LogP contribution is -2.15. The Kier molecular flexibility index (Phi) is 6.84. The van der Waals surface area contributed by atoms with Crippen LogP contribution in [0.1, 0.15) is 75.8 Å². The summed E-state index contributed by atoms with van der Waals surface area (Å²) in [4.78, 5) is 0.